The van der Waals surface area contributed by atoms with Crippen molar-refractivity contribution in [3.05, 3.63) is 17.0 Å². The number of amides is 1. The Labute approximate surface area is 124 Å². The zero-order valence-corrected chi connectivity index (χ0v) is 13.3. The van der Waals surface area contributed by atoms with Gasteiger partial charge in [-0.3, -0.25) is 4.79 Å². The van der Waals surface area contributed by atoms with Gasteiger partial charge in [0, 0.05) is 11.5 Å². The second-order valence-corrected chi connectivity index (χ2v) is 5.62. The lowest BCUT2D eigenvalue weighted by molar-refractivity contribution is -0.143. The molecule has 0 aliphatic rings. The predicted octanol–water partition coefficient (Wildman–Crippen LogP) is 2.09. The smallest absolute Gasteiger partial charge is 0.326 e. The number of carboxylic acids is 1. The van der Waals surface area contributed by atoms with Crippen molar-refractivity contribution >= 4 is 11.9 Å². The van der Waals surface area contributed by atoms with Crippen LogP contribution in [0.2, 0.25) is 0 Å². The van der Waals surface area contributed by atoms with E-state index in [0.29, 0.717) is 18.6 Å². The molecule has 0 aliphatic heterocycles. The Morgan fingerprint density at radius 1 is 1.33 bits per heavy atom. The first kappa shape index (κ1) is 17.2. The molecule has 1 heterocycles. The number of nitrogens with one attached hydrogen (secondary N) is 1. The van der Waals surface area contributed by atoms with Crippen molar-refractivity contribution in [1.82, 2.24) is 10.5 Å². The van der Waals surface area contributed by atoms with Crippen molar-refractivity contribution in [3.63, 3.8) is 0 Å². The van der Waals surface area contributed by atoms with Crippen LogP contribution in [0.25, 0.3) is 0 Å². The minimum atomic E-state index is -0.998. The van der Waals surface area contributed by atoms with Gasteiger partial charge in [0.15, 0.2) is 0 Å². The number of carboxylic acid groups (broad SMARTS) is 1. The fraction of sp³-hybridized carbons (Fsp3) is 0.667. The summed E-state index contributed by atoms with van der Waals surface area (Å²) in [4.78, 5) is 23.4. The van der Waals surface area contributed by atoms with Gasteiger partial charge >= 0.3 is 5.97 Å². The number of aliphatic carboxylic acids is 1. The first-order valence-electron chi connectivity index (χ1n) is 7.22. The third-order valence-electron chi connectivity index (χ3n) is 3.92. The summed E-state index contributed by atoms with van der Waals surface area (Å²) >= 11 is 0. The second-order valence-electron chi connectivity index (χ2n) is 5.62. The Hall–Kier alpha value is -1.85. The quantitative estimate of drug-likeness (QED) is 0.803. The summed E-state index contributed by atoms with van der Waals surface area (Å²) in [5.41, 5.74) is 1.68. The molecule has 1 aromatic rings. The van der Waals surface area contributed by atoms with Crippen molar-refractivity contribution in [3.8, 4) is 0 Å². The minimum absolute atomic E-state index is 0.113. The minimum Gasteiger partial charge on any atom is -0.480 e. The predicted molar refractivity (Wildman–Crippen MR) is 77.9 cm³/mol. The van der Waals surface area contributed by atoms with Gasteiger partial charge in [-0.15, -0.1) is 0 Å². The van der Waals surface area contributed by atoms with Crippen LogP contribution in [0, 0.1) is 25.7 Å². The normalized spacial score (nSPS) is 15.3. The number of rotatable bonds is 7. The van der Waals surface area contributed by atoms with Crippen molar-refractivity contribution < 1.29 is 19.2 Å². The lowest BCUT2D eigenvalue weighted by Crippen LogP contribution is -2.47. The zero-order chi connectivity index (χ0) is 16.2. The molecule has 0 fully saturated rings. The molecule has 118 valence electrons. The van der Waals surface area contributed by atoms with E-state index in [2.05, 4.69) is 10.5 Å². The van der Waals surface area contributed by atoms with E-state index in [-0.39, 0.29) is 17.7 Å². The number of hydrogen-bond acceptors (Lipinski definition) is 4. The lowest BCUT2D eigenvalue weighted by atomic mass is 9.96. The third kappa shape index (κ3) is 4.31. The number of aryl methyl sites for hydroxylation is 2. The molecule has 3 atom stereocenters. The molecule has 2 N–H and O–H groups in total. The van der Waals surface area contributed by atoms with Gasteiger partial charge in [0.25, 0.3) is 0 Å². The van der Waals surface area contributed by atoms with Crippen LogP contribution < -0.4 is 5.32 Å². The average Bonchev–Trinajstić information content (AvgIpc) is 2.74. The molecule has 0 aliphatic carbocycles. The number of carbonyl (C=O) groups is 2. The summed E-state index contributed by atoms with van der Waals surface area (Å²) in [6.07, 6.45) is 1.18. The van der Waals surface area contributed by atoms with E-state index in [4.69, 9.17) is 4.52 Å². The van der Waals surface area contributed by atoms with Crippen LogP contribution in [-0.2, 0) is 16.0 Å². The van der Waals surface area contributed by atoms with Gasteiger partial charge in [0.1, 0.15) is 11.8 Å². The van der Waals surface area contributed by atoms with Crippen LogP contribution in [0.3, 0.4) is 0 Å². The van der Waals surface area contributed by atoms with E-state index < -0.39 is 12.0 Å². The van der Waals surface area contributed by atoms with E-state index in [1.54, 1.807) is 13.8 Å². The highest BCUT2D eigenvalue weighted by atomic mass is 16.5. The SMILES string of the molecule is CC[C@H](C)[C@H](NC(=O)[C@H](C)Cc1c(C)noc1C)C(=O)O. The topological polar surface area (TPSA) is 92.4 Å². The van der Waals surface area contributed by atoms with E-state index >= 15 is 0 Å². The van der Waals surface area contributed by atoms with Gasteiger partial charge in [-0.1, -0.05) is 32.3 Å². The van der Waals surface area contributed by atoms with Crippen LogP contribution in [0.15, 0.2) is 4.52 Å². The largest absolute Gasteiger partial charge is 0.480 e. The maximum Gasteiger partial charge on any atom is 0.326 e. The number of aromatic nitrogens is 1. The molecule has 0 aromatic carbocycles. The van der Waals surface area contributed by atoms with Crippen LogP contribution in [0.4, 0.5) is 0 Å². The van der Waals surface area contributed by atoms with Crippen molar-refractivity contribution in [2.75, 3.05) is 0 Å². The number of carbonyl (C=O) groups excluding carboxylic acids is 1. The number of hydrogen-bond donors (Lipinski definition) is 2. The average molecular weight is 296 g/mol. The highest BCUT2D eigenvalue weighted by Gasteiger charge is 2.28. The molecule has 1 rings (SSSR count). The summed E-state index contributed by atoms with van der Waals surface area (Å²) in [6.45, 7) is 9.13. The van der Waals surface area contributed by atoms with E-state index in [0.717, 1.165) is 11.3 Å². The van der Waals surface area contributed by atoms with Gasteiger partial charge < -0.3 is 14.9 Å². The lowest BCUT2D eigenvalue weighted by Gasteiger charge is -2.22. The highest BCUT2D eigenvalue weighted by molar-refractivity contribution is 5.85. The Bertz CT molecular complexity index is 490. The summed E-state index contributed by atoms with van der Waals surface area (Å²) in [5, 5.41) is 15.7. The highest BCUT2D eigenvalue weighted by Crippen LogP contribution is 2.18. The van der Waals surface area contributed by atoms with Crippen molar-refractivity contribution in [2.45, 2.75) is 53.5 Å². The Balaban J connectivity index is 2.72. The molecule has 0 bridgehead atoms. The van der Waals surface area contributed by atoms with Crippen molar-refractivity contribution in [1.29, 1.82) is 0 Å². The van der Waals surface area contributed by atoms with Gasteiger partial charge in [-0.25, -0.2) is 4.79 Å². The van der Waals surface area contributed by atoms with E-state index in [9.17, 15) is 14.7 Å². The van der Waals surface area contributed by atoms with Gasteiger partial charge in [0.05, 0.1) is 5.69 Å². The summed E-state index contributed by atoms with van der Waals surface area (Å²) in [7, 11) is 0. The molecule has 0 saturated heterocycles. The maximum atomic E-state index is 12.2. The standard InChI is InChI=1S/C15H24N2O4/c1-6-8(2)13(15(19)20)16-14(18)9(3)7-12-10(4)17-21-11(12)5/h8-9,13H,6-7H2,1-5H3,(H,16,18)(H,19,20)/t8-,9+,13-/m0/s1. The molecule has 1 aromatic heterocycles. The maximum absolute atomic E-state index is 12.2. The molecule has 0 unspecified atom stereocenters. The first-order valence-corrected chi connectivity index (χ1v) is 7.22. The van der Waals surface area contributed by atoms with E-state index in [1.165, 1.54) is 0 Å². The molecule has 21 heavy (non-hydrogen) atoms. The van der Waals surface area contributed by atoms with Gasteiger partial charge in [-0.2, -0.15) is 0 Å². The molecule has 0 saturated carbocycles. The van der Waals surface area contributed by atoms with Gasteiger partial charge in [-0.05, 0) is 26.2 Å². The number of nitrogens with zero attached hydrogens (tertiary/aromatic N) is 1. The molecule has 6 heteroatoms. The fourth-order valence-electron chi connectivity index (χ4n) is 2.17. The third-order valence-corrected chi connectivity index (χ3v) is 3.92. The zero-order valence-electron chi connectivity index (χ0n) is 13.3. The van der Waals surface area contributed by atoms with Gasteiger partial charge in [0.2, 0.25) is 5.91 Å². The van der Waals surface area contributed by atoms with Crippen LogP contribution in [0.5, 0.6) is 0 Å². The summed E-state index contributed by atoms with van der Waals surface area (Å²) in [5.74, 6) is -1.01. The molecular formula is C15H24N2O4. The monoisotopic (exact) mass is 296 g/mol. The molecule has 0 radical (unpaired) electrons. The van der Waals surface area contributed by atoms with Crippen molar-refractivity contribution in [2.24, 2.45) is 11.8 Å². The summed E-state index contributed by atoms with van der Waals surface area (Å²) in [6, 6.07) is -0.852. The molecular weight excluding hydrogens is 272 g/mol. The Morgan fingerprint density at radius 3 is 2.38 bits per heavy atom. The first-order chi connectivity index (χ1) is 9.77. The fourth-order valence-corrected chi connectivity index (χ4v) is 2.17. The van der Waals surface area contributed by atoms with E-state index in [1.807, 2.05) is 20.8 Å². The second kappa shape index (κ2) is 7.24. The Kier molecular flexibility index (Phi) is 5.93. The Morgan fingerprint density at radius 2 is 1.95 bits per heavy atom. The summed E-state index contributed by atoms with van der Waals surface area (Å²) < 4.78 is 5.08. The molecule has 1 amide bonds. The molecule has 6 nitrogen and oxygen atoms in total. The molecule has 0 spiro atoms. The van der Waals surface area contributed by atoms with Crippen LogP contribution >= 0.6 is 0 Å². The van der Waals surface area contributed by atoms with Crippen LogP contribution in [0.1, 0.15) is 44.2 Å². The van der Waals surface area contributed by atoms with Crippen LogP contribution in [-0.4, -0.2) is 28.2 Å².